The minimum absolute atomic E-state index is 0.972. The van der Waals surface area contributed by atoms with Gasteiger partial charge in [0.25, 0.3) is 0 Å². The summed E-state index contributed by atoms with van der Waals surface area (Å²) in [6, 6.07) is 6.40. The summed E-state index contributed by atoms with van der Waals surface area (Å²) >= 11 is 0. The van der Waals surface area contributed by atoms with Crippen LogP contribution in [0.3, 0.4) is 0 Å². The highest BCUT2D eigenvalue weighted by molar-refractivity contribution is 5.76. The molecule has 0 unspecified atom stereocenters. The summed E-state index contributed by atoms with van der Waals surface area (Å²) in [7, 11) is 1.97. The minimum Gasteiger partial charge on any atom is -0.327 e. The molecule has 17 heavy (non-hydrogen) atoms. The van der Waals surface area contributed by atoms with E-state index >= 15 is 0 Å². The number of aryl methyl sites for hydroxylation is 2. The molecule has 0 fully saturated rings. The lowest BCUT2D eigenvalue weighted by Gasteiger charge is -2.06. The van der Waals surface area contributed by atoms with E-state index in [1.165, 1.54) is 11.1 Å². The lowest BCUT2D eigenvalue weighted by atomic mass is 10.2. The first kappa shape index (κ1) is 13.7. The van der Waals surface area contributed by atoms with Crippen LogP contribution in [0.25, 0.3) is 11.0 Å². The van der Waals surface area contributed by atoms with Gasteiger partial charge in [0.05, 0.1) is 11.0 Å². The van der Waals surface area contributed by atoms with Crippen LogP contribution in [0.2, 0.25) is 0 Å². The second-order valence-corrected chi connectivity index (χ2v) is 3.91. The number of fused-ring (bicyclic) bond motifs is 1. The molecule has 0 spiro atoms. The Morgan fingerprint density at radius 2 is 1.94 bits per heavy atom. The van der Waals surface area contributed by atoms with Gasteiger partial charge in [-0.1, -0.05) is 19.9 Å². The van der Waals surface area contributed by atoms with Crippen LogP contribution in [-0.2, 0) is 6.54 Å². The third kappa shape index (κ3) is 3.07. The summed E-state index contributed by atoms with van der Waals surface area (Å²) < 4.78 is 2.26. The first-order valence-corrected chi connectivity index (χ1v) is 6.30. The van der Waals surface area contributed by atoms with E-state index in [0.717, 1.165) is 24.4 Å². The molecule has 2 aromatic rings. The quantitative estimate of drug-likeness (QED) is 0.883. The van der Waals surface area contributed by atoms with E-state index in [9.17, 15) is 0 Å². The number of likely N-dealkylation sites (N-methyl/N-ethyl adjacent to an activating group) is 1. The van der Waals surface area contributed by atoms with Gasteiger partial charge in [0.2, 0.25) is 0 Å². The Hall–Kier alpha value is -1.35. The molecule has 0 aliphatic heterocycles. The maximum atomic E-state index is 4.54. The highest BCUT2D eigenvalue weighted by Crippen LogP contribution is 2.17. The molecule has 0 amide bonds. The number of nitrogens with zero attached hydrogens (tertiary/aromatic N) is 2. The maximum Gasteiger partial charge on any atom is 0.106 e. The minimum atomic E-state index is 0.972. The van der Waals surface area contributed by atoms with Gasteiger partial charge < -0.3 is 9.88 Å². The molecule has 0 aliphatic carbocycles. The zero-order valence-corrected chi connectivity index (χ0v) is 11.5. The van der Waals surface area contributed by atoms with Crippen LogP contribution in [0.5, 0.6) is 0 Å². The first-order valence-electron chi connectivity index (χ1n) is 6.30. The molecular weight excluding hydrogens is 210 g/mol. The molecule has 1 aromatic carbocycles. The number of imidazole rings is 1. The lowest BCUT2D eigenvalue weighted by molar-refractivity contribution is 0.643. The van der Waals surface area contributed by atoms with Crippen LogP contribution in [0.15, 0.2) is 18.2 Å². The number of hydrogen-bond donors (Lipinski definition) is 1. The molecule has 3 nitrogen and oxygen atoms in total. The van der Waals surface area contributed by atoms with E-state index in [1.54, 1.807) is 0 Å². The van der Waals surface area contributed by atoms with Crippen LogP contribution in [0.1, 0.15) is 25.2 Å². The van der Waals surface area contributed by atoms with Gasteiger partial charge in [-0.25, -0.2) is 4.98 Å². The first-order chi connectivity index (χ1) is 8.22. The van der Waals surface area contributed by atoms with Gasteiger partial charge in [0.15, 0.2) is 0 Å². The SMILES string of the molecule is CC.CNCCn1c(C)nc2ccc(C)cc21. The predicted molar refractivity (Wildman–Crippen MR) is 74.5 cm³/mol. The van der Waals surface area contributed by atoms with E-state index in [1.807, 2.05) is 20.9 Å². The van der Waals surface area contributed by atoms with Gasteiger partial charge in [-0.3, -0.25) is 0 Å². The monoisotopic (exact) mass is 233 g/mol. The highest BCUT2D eigenvalue weighted by Gasteiger charge is 2.06. The Bertz CT molecular complexity index is 472. The van der Waals surface area contributed by atoms with Gasteiger partial charge >= 0.3 is 0 Å². The van der Waals surface area contributed by atoms with Crippen molar-refractivity contribution in [3.8, 4) is 0 Å². The van der Waals surface area contributed by atoms with Crippen molar-refractivity contribution in [3.63, 3.8) is 0 Å². The summed E-state index contributed by atoms with van der Waals surface area (Å²) in [5.41, 5.74) is 3.62. The van der Waals surface area contributed by atoms with Crippen molar-refractivity contribution >= 4 is 11.0 Å². The van der Waals surface area contributed by atoms with Gasteiger partial charge in [-0.05, 0) is 38.6 Å². The molecule has 1 N–H and O–H groups in total. The summed E-state index contributed by atoms with van der Waals surface area (Å²) in [5, 5.41) is 3.16. The Kier molecular flexibility index (Phi) is 5.16. The average Bonchev–Trinajstić information content (AvgIpc) is 2.65. The van der Waals surface area contributed by atoms with Crippen molar-refractivity contribution in [3.05, 3.63) is 29.6 Å². The molecule has 1 heterocycles. The van der Waals surface area contributed by atoms with Crippen LogP contribution in [0, 0.1) is 13.8 Å². The number of benzene rings is 1. The zero-order valence-electron chi connectivity index (χ0n) is 11.5. The van der Waals surface area contributed by atoms with Crippen molar-refractivity contribution in [2.45, 2.75) is 34.2 Å². The smallest absolute Gasteiger partial charge is 0.106 e. The third-order valence-corrected chi connectivity index (χ3v) is 2.68. The predicted octanol–water partition coefficient (Wildman–Crippen LogP) is 2.90. The number of nitrogens with one attached hydrogen (secondary N) is 1. The second kappa shape index (κ2) is 6.40. The number of hydrogen-bond acceptors (Lipinski definition) is 2. The molecule has 0 saturated carbocycles. The molecule has 0 saturated heterocycles. The summed E-state index contributed by atoms with van der Waals surface area (Å²) in [4.78, 5) is 4.54. The largest absolute Gasteiger partial charge is 0.327 e. The normalized spacial score (nSPS) is 10.2. The van der Waals surface area contributed by atoms with Crippen molar-refractivity contribution in [1.82, 2.24) is 14.9 Å². The van der Waals surface area contributed by atoms with E-state index in [4.69, 9.17) is 0 Å². The lowest BCUT2D eigenvalue weighted by Crippen LogP contribution is -2.15. The Morgan fingerprint density at radius 1 is 1.24 bits per heavy atom. The molecule has 0 atom stereocenters. The second-order valence-electron chi connectivity index (χ2n) is 3.91. The van der Waals surface area contributed by atoms with Crippen LogP contribution < -0.4 is 5.32 Å². The van der Waals surface area contributed by atoms with Crippen molar-refractivity contribution in [2.75, 3.05) is 13.6 Å². The summed E-state index contributed by atoms with van der Waals surface area (Å²) in [6.45, 7) is 10.1. The van der Waals surface area contributed by atoms with E-state index < -0.39 is 0 Å². The Labute approximate surface area is 104 Å². The molecule has 2 rings (SSSR count). The van der Waals surface area contributed by atoms with Crippen LogP contribution >= 0.6 is 0 Å². The topological polar surface area (TPSA) is 29.9 Å². The molecule has 94 valence electrons. The Morgan fingerprint density at radius 3 is 2.59 bits per heavy atom. The maximum absolute atomic E-state index is 4.54. The van der Waals surface area contributed by atoms with E-state index in [0.29, 0.717) is 0 Å². The fraction of sp³-hybridized carbons (Fsp3) is 0.500. The molecule has 0 bridgehead atoms. The highest BCUT2D eigenvalue weighted by atomic mass is 15.1. The average molecular weight is 233 g/mol. The molecular formula is C14H23N3. The van der Waals surface area contributed by atoms with Gasteiger partial charge in [0, 0.05) is 13.1 Å². The van der Waals surface area contributed by atoms with Crippen LogP contribution in [0.4, 0.5) is 0 Å². The fourth-order valence-corrected chi connectivity index (χ4v) is 1.86. The number of rotatable bonds is 3. The van der Waals surface area contributed by atoms with Crippen molar-refractivity contribution < 1.29 is 0 Å². The molecule has 0 radical (unpaired) electrons. The van der Waals surface area contributed by atoms with Crippen molar-refractivity contribution in [2.24, 2.45) is 0 Å². The Balaban J connectivity index is 0.000000686. The zero-order chi connectivity index (χ0) is 12.8. The fourth-order valence-electron chi connectivity index (χ4n) is 1.86. The van der Waals surface area contributed by atoms with Crippen molar-refractivity contribution in [1.29, 1.82) is 0 Å². The molecule has 1 aromatic heterocycles. The van der Waals surface area contributed by atoms with Gasteiger partial charge in [-0.2, -0.15) is 0 Å². The number of aromatic nitrogens is 2. The van der Waals surface area contributed by atoms with Gasteiger partial charge in [0.1, 0.15) is 5.82 Å². The van der Waals surface area contributed by atoms with Gasteiger partial charge in [-0.15, -0.1) is 0 Å². The van der Waals surface area contributed by atoms with E-state index in [2.05, 4.69) is 46.9 Å². The standard InChI is InChI=1S/C12H17N3.C2H6/c1-9-4-5-11-12(8-9)15(7-6-13-3)10(2)14-11;1-2/h4-5,8,13H,6-7H2,1-3H3;1-2H3. The summed E-state index contributed by atoms with van der Waals surface area (Å²) in [5.74, 6) is 1.09. The van der Waals surface area contributed by atoms with Crippen LogP contribution in [-0.4, -0.2) is 23.1 Å². The van der Waals surface area contributed by atoms with E-state index in [-0.39, 0.29) is 0 Å². The third-order valence-electron chi connectivity index (χ3n) is 2.68. The molecule has 3 heteroatoms. The summed E-state index contributed by atoms with van der Waals surface area (Å²) in [6.07, 6.45) is 0. The molecule has 0 aliphatic rings.